The van der Waals surface area contributed by atoms with Crippen molar-refractivity contribution in [1.82, 2.24) is 9.88 Å². The summed E-state index contributed by atoms with van der Waals surface area (Å²) in [7, 11) is 0. The molecule has 1 aliphatic heterocycles. The maximum absolute atomic E-state index is 5.79. The SMILES string of the molecule is c1ccc(N2CCN(CCCCc3nc4ccccc4o3)CC2)cc1. The van der Waals surface area contributed by atoms with Crippen LogP contribution in [0.1, 0.15) is 18.7 Å². The minimum atomic E-state index is 0.870. The van der Waals surface area contributed by atoms with Gasteiger partial charge in [0.15, 0.2) is 11.5 Å². The third-order valence-corrected chi connectivity index (χ3v) is 4.95. The lowest BCUT2D eigenvalue weighted by Gasteiger charge is -2.36. The summed E-state index contributed by atoms with van der Waals surface area (Å²) < 4.78 is 5.79. The molecule has 25 heavy (non-hydrogen) atoms. The van der Waals surface area contributed by atoms with Crippen molar-refractivity contribution < 1.29 is 4.42 Å². The van der Waals surface area contributed by atoms with Gasteiger partial charge in [0.2, 0.25) is 0 Å². The number of hydrogen-bond donors (Lipinski definition) is 0. The molecule has 0 bridgehead atoms. The molecule has 0 spiro atoms. The highest BCUT2D eigenvalue weighted by Gasteiger charge is 2.16. The maximum Gasteiger partial charge on any atom is 0.195 e. The molecule has 4 nitrogen and oxygen atoms in total. The van der Waals surface area contributed by atoms with E-state index in [0.29, 0.717) is 0 Å². The number of piperazine rings is 1. The van der Waals surface area contributed by atoms with E-state index in [2.05, 4.69) is 45.1 Å². The summed E-state index contributed by atoms with van der Waals surface area (Å²) in [5.41, 5.74) is 3.21. The molecule has 1 fully saturated rings. The highest BCUT2D eigenvalue weighted by atomic mass is 16.3. The molecule has 0 atom stereocenters. The Bertz CT molecular complexity index is 758. The van der Waals surface area contributed by atoms with E-state index in [4.69, 9.17) is 4.42 Å². The predicted octanol–water partition coefficient (Wildman–Crippen LogP) is 3.97. The number of benzene rings is 2. The van der Waals surface area contributed by atoms with Crippen LogP contribution in [0.15, 0.2) is 59.0 Å². The van der Waals surface area contributed by atoms with Crippen LogP contribution in [0.3, 0.4) is 0 Å². The maximum atomic E-state index is 5.79. The molecule has 0 saturated carbocycles. The van der Waals surface area contributed by atoms with Gasteiger partial charge in [0.1, 0.15) is 5.52 Å². The van der Waals surface area contributed by atoms with Crippen molar-refractivity contribution in [3.8, 4) is 0 Å². The van der Waals surface area contributed by atoms with Crippen LogP contribution in [-0.4, -0.2) is 42.6 Å². The van der Waals surface area contributed by atoms with Gasteiger partial charge in [-0.05, 0) is 43.7 Å². The van der Waals surface area contributed by atoms with Gasteiger partial charge in [0.25, 0.3) is 0 Å². The summed E-state index contributed by atoms with van der Waals surface area (Å²) in [4.78, 5) is 9.61. The van der Waals surface area contributed by atoms with Gasteiger partial charge in [-0.25, -0.2) is 4.98 Å². The van der Waals surface area contributed by atoms with Crippen molar-refractivity contribution in [3.63, 3.8) is 0 Å². The fraction of sp³-hybridized carbons (Fsp3) is 0.381. The molecule has 0 N–H and O–H groups in total. The van der Waals surface area contributed by atoms with E-state index in [1.54, 1.807) is 0 Å². The second-order valence-corrected chi connectivity index (χ2v) is 6.70. The average Bonchev–Trinajstić information content (AvgIpc) is 3.09. The minimum absolute atomic E-state index is 0.870. The first-order chi connectivity index (χ1) is 12.4. The molecular formula is C21H25N3O. The van der Waals surface area contributed by atoms with E-state index in [9.17, 15) is 0 Å². The summed E-state index contributed by atoms with van der Waals surface area (Å²) in [6.45, 7) is 5.71. The van der Waals surface area contributed by atoms with E-state index >= 15 is 0 Å². The van der Waals surface area contributed by atoms with Crippen LogP contribution < -0.4 is 4.90 Å². The van der Waals surface area contributed by atoms with Crippen molar-refractivity contribution in [2.75, 3.05) is 37.6 Å². The summed E-state index contributed by atoms with van der Waals surface area (Å²) in [6, 6.07) is 18.7. The number of aromatic nitrogens is 1. The van der Waals surface area contributed by atoms with E-state index in [0.717, 1.165) is 56.0 Å². The number of unbranched alkanes of at least 4 members (excludes halogenated alkanes) is 1. The monoisotopic (exact) mass is 335 g/mol. The molecular weight excluding hydrogens is 310 g/mol. The van der Waals surface area contributed by atoms with Gasteiger partial charge in [-0.3, -0.25) is 4.90 Å². The number of nitrogens with zero attached hydrogens (tertiary/aromatic N) is 3. The third-order valence-electron chi connectivity index (χ3n) is 4.95. The van der Waals surface area contributed by atoms with E-state index in [-0.39, 0.29) is 0 Å². The first-order valence-corrected chi connectivity index (χ1v) is 9.25. The second-order valence-electron chi connectivity index (χ2n) is 6.70. The molecule has 0 aliphatic carbocycles. The average molecular weight is 335 g/mol. The van der Waals surface area contributed by atoms with Crippen LogP contribution in [-0.2, 0) is 6.42 Å². The number of hydrogen-bond acceptors (Lipinski definition) is 4. The lowest BCUT2D eigenvalue weighted by atomic mass is 10.2. The molecule has 2 aromatic carbocycles. The van der Waals surface area contributed by atoms with Crippen molar-refractivity contribution in [2.45, 2.75) is 19.3 Å². The Kier molecular flexibility index (Phi) is 4.98. The van der Waals surface area contributed by atoms with Crippen LogP contribution in [0.25, 0.3) is 11.1 Å². The lowest BCUT2D eigenvalue weighted by Crippen LogP contribution is -2.46. The van der Waals surface area contributed by atoms with Crippen LogP contribution in [0, 0.1) is 0 Å². The van der Waals surface area contributed by atoms with Crippen molar-refractivity contribution >= 4 is 16.8 Å². The van der Waals surface area contributed by atoms with E-state index in [1.165, 1.54) is 18.7 Å². The molecule has 4 heteroatoms. The van der Waals surface area contributed by atoms with Crippen molar-refractivity contribution in [3.05, 3.63) is 60.5 Å². The Morgan fingerprint density at radius 3 is 2.40 bits per heavy atom. The molecule has 1 saturated heterocycles. The highest BCUT2D eigenvalue weighted by molar-refractivity contribution is 5.72. The number of para-hydroxylation sites is 3. The van der Waals surface area contributed by atoms with Gasteiger partial charge in [0, 0.05) is 38.3 Å². The molecule has 0 amide bonds. The molecule has 3 aromatic rings. The van der Waals surface area contributed by atoms with E-state index in [1.807, 2.05) is 24.3 Å². The quantitative estimate of drug-likeness (QED) is 0.638. The molecule has 130 valence electrons. The van der Waals surface area contributed by atoms with Gasteiger partial charge in [-0.1, -0.05) is 30.3 Å². The summed E-state index contributed by atoms with van der Waals surface area (Å²) >= 11 is 0. The fourth-order valence-corrected chi connectivity index (χ4v) is 3.51. The predicted molar refractivity (Wildman–Crippen MR) is 102 cm³/mol. The standard InChI is InChI=1S/C21H25N3O/c1-2-8-18(9-3-1)24-16-14-23(15-17-24)13-7-6-12-21-22-19-10-4-5-11-20(19)25-21/h1-5,8-11H,6-7,12-17H2. The Labute approximate surface area is 149 Å². The van der Waals surface area contributed by atoms with Crippen LogP contribution in [0.2, 0.25) is 0 Å². The smallest absolute Gasteiger partial charge is 0.195 e. The number of aryl methyl sites for hydroxylation is 1. The van der Waals surface area contributed by atoms with E-state index < -0.39 is 0 Å². The largest absolute Gasteiger partial charge is 0.441 e. The first kappa shape index (κ1) is 16.2. The molecule has 4 rings (SSSR count). The number of oxazole rings is 1. The molecule has 2 heterocycles. The van der Waals surface area contributed by atoms with Crippen LogP contribution in [0.4, 0.5) is 5.69 Å². The van der Waals surface area contributed by atoms with Gasteiger partial charge in [0.05, 0.1) is 0 Å². The topological polar surface area (TPSA) is 32.5 Å². The first-order valence-electron chi connectivity index (χ1n) is 9.25. The number of fused-ring (bicyclic) bond motifs is 1. The fourth-order valence-electron chi connectivity index (χ4n) is 3.51. The van der Waals surface area contributed by atoms with Crippen molar-refractivity contribution in [1.29, 1.82) is 0 Å². The summed E-state index contributed by atoms with van der Waals surface area (Å²) in [5.74, 6) is 0.870. The summed E-state index contributed by atoms with van der Waals surface area (Å²) in [6.07, 6.45) is 3.26. The Morgan fingerprint density at radius 1 is 0.840 bits per heavy atom. The normalized spacial score (nSPS) is 15.8. The molecule has 1 aromatic heterocycles. The van der Waals surface area contributed by atoms with Gasteiger partial charge in [-0.2, -0.15) is 0 Å². The highest BCUT2D eigenvalue weighted by Crippen LogP contribution is 2.17. The lowest BCUT2D eigenvalue weighted by molar-refractivity contribution is 0.252. The zero-order valence-corrected chi connectivity index (χ0v) is 14.6. The molecule has 1 aliphatic rings. The van der Waals surface area contributed by atoms with Crippen LogP contribution in [0.5, 0.6) is 0 Å². The Balaban J connectivity index is 1.18. The Hall–Kier alpha value is -2.33. The molecule has 0 radical (unpaired) electrons. The minimum Gasteiger partial charge on any atom is -0.441 e. The third kappa shape index (κ3) is 4.02. The second kappa shape index (κ2) is 7.70. The summed E-state index contributed by atoms with van der Waals surface area (Å²) in [5, 5.41) is 0. The molecule has 0 unspecified atom stereocenters. The zero-order valence-electron chi connectivity index (χ0n) is 14.6. The van der Waals surface area contributed by atoms with Gasteiger partial charge >= 0.3 is 0 Å². The van der Waals surface area contributed by atoms with Gasteiger partial charge < -0.3 is 9.32 Å². The van der Waals surface area contributed by atoms with Gasteiger partial charge in [-0.15, -0.1) is 0 Å². The number of rotatable bonds is 6. The Morgan fingerprint density at radius 2 is 1.60 bits per heavy atom. The van der Waals surface area contributed by atoms with Crippen LogP contribution >= 0.6 is 0 Å². The zero-order chi connectivity index (χ0) is 16.9. The van der Waals surface area contributed by atoms with Crippen molar-refractivity contribution in [2.24, 2.45) is 0 Å². The number of anilines is 1.